The van der Waals surface area contributed by atoms with Gasteiger partial charge in [-0.15, -0.1) is 0 Å². The van der Waals surface area contributed by atoms with Crippen LogP contribution in [0.15, 0.2) is 18.3 Å². The van der Waals surface area contributed by atoms with Gasteiger partial charge in [-0.1, -0.05) is 6.92 Å². The lowest BCUT2D eigenvalue weighted by atomic mass is 10.1. The van der Waals surface area contributed by atoms with Crippen molar-refractivity contribution >= 4 is 0 Å². The van der Waals surface area contributed by atoms with Gasteiger partial charge in [-0.2, -0.15) is 0 Å². The van der Waals surface area contributed by atoms with Gasteiger partial charge in [-0.3, -0.25) is 4.98 Å². The van der Waals surface area contributed by atoms with Crippen LogP contribution in [0.1, 0.15) is 39.8 Å². The zero-order chi connectivity index (χ0) is 13.6. The smallest absolute Gasteiger partial charge is 0.137 e. The first kappa shape index (κ1) is 14.9. The van der Waals surface area contributed by atoms with Gasteiger partial charge in [0.1, 0.15) is 12.4 Å². The van der Waals surface area contributed by atoms with E-state index in [0.29, 0.717) is 18.8 Å². The Morgan fingerprint density at radius 1 is 1.39 bits per heavy atom. The lowest BCUT2D eigenvalue weighted by Crippen LogP contribution is -2.35. The molecule has 4 heteroatoms. The second-order valence-corrected chi connectivity index (χ2v) is 5.46. The van der Waals surface area contributed by atoms with Crippen LogP contribution in [0.2, 0.25) is 0 Å². The second kappa shape index (κ2) is 6.71. The summed E-state index contributed by atoms with van der Waals surface area (Å²) >= 11 is 0. The van der Waals surface area contributed by atoms with E-state index in [0.717, 1.165) is 12.2 Å². The van der Waals surface area contributed by atoms with Crippen LogP contribution in [0.3, 0.4) is 0 Å². The number of aliphatic hydroxyl groups excluding tert-OH is 1. The molecule has 0 bridgehead atoms. The summed E-state index contributed by atoms with van der Waals surface area (Å²) in [5.41, 5.74) is 1.07. The van der Waals surface area contributed by atoms with Crippen LogP contribution in [-0.4, -0.2) is 28.3 Å². The quantitative estimate of drug-likeness (QED) is 0.814. The van der Waals surface area contributed by atoms with E-state index in [2.05, 4.69) is 31.1 Å². The fourth-order valence-corrected chi connectivity index (χ4v) is 1.27. The summed E-state index contributed by atoms with van der Waals surface area (Å²) in [5.74, 6) is 0.696. The molecule has 0 aromatic carbocycles. The molecule has 0 aliphatic rings. The van der Waals surface area contributed by atoms with Crippen molar-refractivity contribution in [2.24, 2.45) is 0 Å². The summed E-state index contributed by atoms with van der Waals surface area (Å²) in [6.45, 7) is 9.34. The first-order chi connectivity index (χ1) is 8.40. The van der Waals surface area contributed by atoms with Crippen molar-refractivity contribution < 1.29 is 9.84 Å². The number of nitrogens with one attached hydrogen (secondary N) is 1. The molecule has 0 saturated carbocycles. The van der Waals surface area contributed by atoms with Gasteiger partial charge in [0.2, 0.25) is 0 Å². The molecule has 1 heterocycles. The van der Waals surface area contributed by atoms with Gasteiger partial charge >= 0.3 is 0 Å². The fourth-order valence-electron chi connectivity index (χ4n) is 1.27. The first-order valence-electron chi connectivity index (χ1n) is 6.41. The summed E-state index contributed by atoms with van der Waals surface area (Å²) in [4.78, 5) is 4.32. The van der Waals surface area contributed by atoms with Crippen LogP contribution in [0.25, 0.3) is 0 Å². The van der Waals surface area contributed by atoms with Gasteiger partial charge in [0.05, 0.1) is 18.0 Å². The monoisotopic (exact) mass is 252 g/mol. The fraction of sp³-hybridized carbons (Fsp3) is 0.643. The Bertz CT molecular complexity index is 344. The zero-order valence-electron chi connectivity index (χ0n) is 11.7. The summed E-state index contributed by atoms with van der Waals surface area (Å²) in [5, 5.41) is 12.8. The summed E-state index contributed by atoms with van der Waals surface area (Å²) in [6, 6.07) is 3.82. The highest BCUT2D eigenvalue weighted by Crippen LogP contribution is 2.10. The van der Waals surface area contributed by atoms with Gasteiger partial charge in [0.25, 0.3) is 0 Å². The molecule has 0 amide bonds. The van der Waals surface area contributed by atoms with Crippen LogP contribution < -0.4 is 10.1 Å². The van der Waals surface area contributed by atoms with Crippen molar-refractivity contribution in [2.45, 2.75) is 52.3 Å². The highest BCUT2D eigenvalue weighted by Gasteiger charge is 2.09. The molecule has 1 rings (SSSR count). The number of hydrogen-bond acceptors (Lipinski definition) is 4. The van der Waals surface area contributed by atoms with Crippen LogP contribution in [0, 0.1) is 0 Å². The van der Waals surface area contributed by atoms with E-state index in [1.165, 1.54) is 0 Å². The van der Waals surface area contributed by atoms with E-state index in [9.17, 15) is 5.11 Å². The topological polar surface area (TPSA) is 54.4 Å². The lowest BCUT2D eigenvalue weighted by molar-refractivity contribution is 0.104. The molecule has 0 saturated heterocycles. The van der Waals surface area contributed by atoms with Crippen molar-refractivity contribution in [3.05, 3.63) is 24.0 Å². The zero-order valence-corrected chi connectivity index (χ0v) is 11.7. The molecule has 1 unspecified atom stereocenters. The summed E-state index contributed by atoms with van der Waals surface area (Å²) < 4.78 is 5.43. The van der Waals surface area contributed by atoms with E-state index < -0.39 is 6.10 Å². The maximum Gasteiger partial charge on any atom is 0.137 e. The number of pyridine rings is 1. The van der Waals surface area contributed by atoms with Crippen molar-refractivity contribution in [1.82, 2.24) is 10.3 Å². The number of hydrogen-bond donors (Lipinski definition) is 2. The molecule has 18 heavy (non-hydrogen) atoms. The van der Waals surface area contributed by atoms with E-state index in [1.807, 2.05) is 19.1 Å². The molecule has 0 fully saturated rings. The average Bonchev–Trinajstić information content (AvgIpc) is 2.33. The number of nitrogens with zero attached hydrogens (tertiary/aromatic N) is 1. The Hall–Kier alpha value is -1.13. The Morgan fingerprint density at radius 3 is 2.61 bits per heavy atom. The van der Waals surface area contributed by atoms with Crippen molar-refractivity contribution in [2.75, 3.05) is 6.61 Å². The maximum atomic E-state index is 9.39. The molecule has 102 valence electrons. The van der Waals surface area contributed by atoms with Crippen molar-refractivity contribution in [3.63, 3.8) is 0 Å². The standard InChI is InChI=1S/C14H24N2O2/c1-5-12(17)10-18-13-7-6-11(15-9-13)8-16-14(2,3)4/h6-7,9,12,16-17H,5,8,10H2,1-4H3. The van der Waals surface area contributed by atoms with Crippen LogP contribution in [-0.2, 0) is 6.54 Å². The summed E-state index contributed by atoms with van der Waals surface area (Å²) in [7, 11) is 0. The third-order valence-corrected chi connectivity index (χ3v) is 2.51. The minimum Gasteiger partial charge on any atom is -0.489 e. The predicted octanol–water partition coefficient (Wildman–Crippen LogP) is 2.12. The first-order valence-corrected chi connectivity index (χ1v) is 6.41. The van der Waals surface area contributed by atoms with Gasteiger partial charge in [-0.05, 0) is 39.3 Å². The Kier molecular flexibility index (Phi) is 5.56. The van der Waals surface area contributed by atoms with Gasteiger partial charge in [-0.25, -0.2) is 0 Å². The van der Waals surface area contributed by atoms with Crippen LogP contribution in [0.4, 0.5) is 0 Å². The van der Waals surface area contributed by atoms with Crippen LogP contribution in [0.5, 0.6) is 5.75 Å². The predicted molar refractivity (Wildman–Crippen MR) is 72.6 cm³/mol. The van der Waals surface area contributed by atoms with Gasteiger partial charge in [0, 0.05) is 12.1 Å². The van der Waals surface area contributed by atoms with Crippen LogP contribution >= 0.6 is 0 Å². The molecular weight excluding hydrogens is 228 g/mol. The van der Waals surface area contributed by atoms with Crippen molar-refractivity contribution in [3.8, 4) is 5.75 Å². The number of rotatable bonds is 6. The molecule has 4 nitrogen and oxygen atoms in total. The van der Waals surface area contributed by atoms with E-state index in [4.69, 9.17) is 4.74 Å². The molecule has 2 N–H and O–H groups in total. The average molecular weight is 252 g/mol. The SMILES string of the molecule is CCC(O)COc1ccc(CNC(C)(C)C)nc1. The molecule has 0 spiro atoms. The third kappa shape index (κ3) is 5.98. The normalized spacial score (nSPS) is 13.4. The molecule has 1 atom stereocenters. The molecule has 1 aromatic heterocycles. The highest BCUT2D eigenvalue weighted by molar-refractivity contribution is 5.19. The lowest BCUT2D eigenvalue weighted by Gasteiger charge is -2.20. The van der Waals surface area contributed by atoms with E-state index in [-0.39, 0.29) is 5.54 Å². The van der Waals surface area contributed by atoms with Crippen molar-refractivity contribution in [1.29, 1.82) is 0 Å². The maximum absolute atomic E-state index is 9.39. The summed E-state index contributed by atoms with van der Waals surface area (Å²) in [6.07, 6.45) is 1.98. The van der Waals surface area contributed by atoms with E-state index >= 15 is 0 Å². The molecule has 0 aliphatic heterocycles. The number of aromatic nitrogens is 1. The minimum atomic E-state index is -0.410. The van der Waals surface area contributed by atoms with Gasteiger partial charge < -0.3 is 15.2 Å². The molecule has 0 aliphatic carbocycles. The van der Waals surface area contributed by atoms with E-state index in [1.54, 1.807) is 6.20 Å². The largest absolute Gasteiger partial charge is 0.489 e. The molecular formula is C14H24N2O2. The highest BCUT2D eigenvalue weighted by atomic mass is 16.5. The molecule has 1 aromatic rings. The minimum absolute atomic E-state index is 0.0854. The molecule has 0 radical (unpaired) electrons. The van der Waals surface area contributed by atoms with Gasteiger partial charge in [0.15, 0.2) is 0 Å². The second-order valence-electron chi connectivity index (χ2n) is 5.46. The number of ether oxygens (including phenoxy) is 1. The third-order valence-electron chi connectivity index (χ3n) is 2.51. The Balaban J connectivity index is 2.42. The number of aliphatic hydroxyl groups is 1. The Labute approximate surface area is 109 Å². The Morgan fingerprint density at radius 2 is 2.11 bits per heavy atom.